The van der Waals surface area contributed by atoms with Crippen LogP contribution < -0.4 is 16.4 Å². The first kappa shape index (κ1) is 11.9. The molecule has 0 aliphatic rings. The average molecular weight is 218 g/mol. The Labute approximate surface area is 94.2 Å². The number of nitrogens with zero attached hydrogens (tertiary/aromatic N) is 2. The predicted molar refractivity (Wildman–Crippen MR) is 62.7 cm³/mol. The Morgan fingerprint density at radius 1 is 1.56 bits per heavy atom. The van der Waals surface area contributed by atoms with E-state index in [0.717, 1.165) is 5.69 Å². The van der Waals surface area contributed by atoms with Crippen LogP contribution in [0.3, 0.4) is 0 Å². The van der Waals surface area contributed by atoms with Crippen LogP contribution in [0, 0.1) is 11.3 Å². The fourth-order valence-electron chi connectivity index (χ4n) is 1.42. The van der Waals surface area contributed by atoms with Gasteiger partial charge < -0.3 is 16.4 Å². The van der Waals surface area contributed by atoms with Crippen molar-refractivity contribution in [1.29, 1.82) is 5.26 Å². The molecule has 0 radical (unpaired) electrons. The average Bonchev–Trinajstić information content (AvgIpc) is 2.25. The molecule has 4 N–H and O–H groups in total. The number of rotatable bonds is 4. The lowest BCUT2D eigenvalue weighted by molar-refractivity contribution is -0.116. The minimum atomic E-state index is -0.398. The molecule has 5 nitrogen and oxygen atoms in total. The molecule has 0 saturated carbocycles. The largest absolute Gasteiger partial charge is 0.398 e. The van der Waals surface area contributed by atoms with Crippen LogP contribution in [-0.4, -0.2) is 19.0 Å². The molecule has 0 aliphatic carbocycles. The molecule has 0 saturated heterocycles. The van der Waals surface area contributed by atoms with Gasteiger partial charge in [-0.05, 0) is 25.1 Å². The second kappa shape index (κ2) is 5.03. The van der Waals surface area contributed by atoms with Gasteiger partial charge in [0.25, 0.3) is 0 Å². The molecule has 0 atom stereocenters. The number of amides is 1. The number of anilines is 2. The number of nitrogen functional groups attached to an aromatic ring is 1. The third kappa shape index (κ3) is 2.64. The number of nitriles is 1. The summed E-state index contributed by atoms with van der Waals surface area (Å²) in [5.74, 6) is -0.398. The Morgan fingerprint density at radius 3 is 2.69 bits per heavy atom. The number of hydrogen-bond acceptors (Lipinski definition) is 4. The van der Waals surface area contributed by atoms with Crippen LogP contribution in [0.15, 0.2) is 18.2 Å². The molecule has 16 heavy (non-hydrogen) atoms. The number of hydrogen-bond donors (Lipinski definition) is 2. The molecule has 0 unspecified atom stereocenters. The van der Waals surface area contributed by atoms with Crippen molar-refractivity contribution >= 4 is 17.3 Å². The van der Waals surface area contributed by atoms with E-state index in [4.69, 9.17) is 16.7 Å². The molecule has 1 aromatic rings. The van der Waals surface area contributed by atoms with Gasteiger partial charge in [-0.25, -0.2) is 0 Å². The van der Waals surface area contributed by atoms with Gasteiger partial charge >= 0.3 is 0 Å². The summed E-state index contributed by atoms with van der Waals surface area (Å²) in [6.07, 6.45) is 0. The van der Waals surface area contributed by atoms with Gasteiger partial charge in [0.05, 0.1) is 17.8 Å². The first-order valence-corrected chi connectivity index (χ1v) is 4.91. The van der Waals surface area contributed by atoms with Gasteiger partial charge in [0.15, 0.2) is 0 Å². The Kier molecular flexibility index (Phi) is 3.72. The fourth-order valence-corrected chi connectivity index (χ4v) is 1.42. The predicted octanol–water partition coefficient (Wildman–Crippen LogP) is 0.452. The normalized spacial score (nSPS) is 9.50. The number of carbonyl (C=O) groups is 1. The second-order valence-electron chi connectivity index (χ2n) is 3.36. The zero-order valence-electron chi connectivity index (χ0n) is 9.10. The summed E-state index contributed by atoms with van der Waals surface area (Å²) in [7, 11) is 0. The van der Waals surface area contributed by atoms with E-state index in [9.17, 15) is 4.79 Å². The Hall–Kier alpha value is -2.22. The minimum Gasteiger partial charge on any atom is -0.398 e. The van der Waals surface area contributed by atoms with E-state index in [-0.39, 0.29) is 6.54 Å². The minimum absolute atomic E-state index is 0.141. The molecule has 0 bridgehead atoms. The second-order valence-corrected chi connectivity index (χ2v) is 3.36. The van der Waals surface area contributed by atoms with Crippen molar-refractivity contribution in [3.8, 4) is 6.07 Å². The summed E-state index contributed by atoms with van der Waals surface area (Å²) in [6.45, 7) is 2.70. The maximum Gasteiger partial charge on any atom is 0.236 e. The van der Waals surface area contributed by atoms with Crippen molar-refractivity contribution in [3.63, 3.8) is 0 Å². The number of carbonyl (C=O) groups excluding carboxylic acids is 1. The highest BCUT2D eigenvalue weighted by atomic mass is 16.1. The molecule has 1 aromatic carbocycles. The van der Waals surface area contributed by atoms with Crippen molar-refractivity contribution in [1.82, 2.24) is 0 Å². The zero-order chi connectivity index (χ0) is 12.1. The third-order valence-corrected chi connectivity index (χ3v) is 2.25. The Balaban J connectivity index is 2.99. The summed E-state index contributed by atoms with van der Waals surface area (Å²) < 4.78 is 0. The van der Waals surface area contributed by atoms with Gasteiger partial charge in [0, 0.05) is 12.2 Å². The molecule has 0 heterocycles. The van der Waals surface area contributed by atoms with E-state index in [1.807, 2.05) is 13.0 Å². The third-order valence-electron chi connectivity index (χ3n) is 2.25. The number of nitrogens with two attached hydrogens (primary N) is 2. The van der Waals surface area contributed by atoms with Crippen LogP contribution in [-0.2, 0) is 4.79 Å². The lowest BCUT2D eigenvalue weighted by Crippen LogP contribution is -2.33. The molecule has 0 aromatic heterocycles. The van der Waals surface area contributed by atoms with Gasteiger partial charge in [0.1, 0.15) is 6.07 Å². The number of benzene rings is 1. The van der Waals surface area contributed by atoms with Crippen LogP contribution in [0.2, 0.25) is 0 Å². The van der Waals surface area contributed by atoms with Crippen LogP contribution in [0.4, 0.5) is 11.4 Å². The molecule has 0 spiro atoms. The van der Waals surface area contributed by atoms with Gasteiger partial charge in [-0.1, -0.05) is 0 Å². The van der Waals surface area contributed by atoms with Crippen molar-refractivity contribution < 1.29 is 4.79 Å². The van der Waals surface area contributed by atoms with Crippen molar-refractivity contribution in [3.05, 3.63) is 23.8 Å². The lowest BCUT2D eigenvalue weighted by Gasteiger charge is -2.21. The smallest absolute Gasteiger partial charge is 0.236 e. The van der Waals surface area contributed by atoms with E-state index in [1.54, 1.807) is 23.1 Å². The van der Waals surface area contributed by atoms with E-state index in [2.05, 4.69) is 0 Å². The SMILES string of the molecule is CCN(CC(N)=O)c1ccc(C#N)c(N)c1. The Morgan fingerprint density at radius 2 is 2.25 bits per heavy atom. The maximum absolute atomic E-state index is 10.8. The molecular weight excluding hydrogens is 204 g/mol. The van der Waals surface area contributed by atoms with E-state index in [0.29, 0.717) is 17.8 Å². The van der Waals surface area contributed by atoms with Gasteiger partial charge in [0.2, 0.25) is 5.91 Å². The molecular formula is C11H14N4O. The highest BCUT2D eigenvalue weighted by molar-refractivity contribution is 5.80. The summed E-state index contributed by atoms with van der Waals surface area (Å²) in [5.41, 5.74) is 12.5. The molecule has 84 valence electrons. The summed E-state index contributed by atoms with van der Waals surface area (Å²) >= 11 is 0. The molecule has 5 heteroatoms. The van der Waals surface area contributed by atoms with Crippen molar-refractivity contribution in [2.45, 2.75) is 6.92 Å². The molecule has 0 aliphatic heterocycles. The standard InChI is InChI=1S/C11H14N4O/c1-2-15(7-11(14)16)9-4-3-8(6-12)10(13)5-9/h3-5H,2,7,13H2,1H3,(H2,14,16). The van der Waals surface area contributed by atoms with Gasteiger partial charge in [-0.15, -0.1) is 0 Å². The lowest BCUT2D eigenvalue weighted by atomic mass is 10.1. The van der Waals surface area contributed by atoms with E-state index >= 15 is 0 Å². The quantitative estimate of drug-likeness (QED) is 0.717. The zero-order valence-corrected chi connectivity index (χ0v) is 9.10. The highest BCUT2D eigenvalue weighted by Gasteiger charge is 2.08. The summed E-state index contributed by atoms with van der Waals surface area (Å²) in [6, 6.07) is 7.04. The molecule has 1 amide bonds. The van der Waals surface area contributed by atoms with Gasteiger partial charge in [-0.2, -0.15) is 5.26 Å². The maximum atomic E-state index is 10.8. The fraction of sp³-hybridized carbons (Fsp3) is 0.273. The monoisotopic (exact) mass is 218 g/mol. The van der Waals surface area contributed by atoms with E-state index in [1.165, 1.54) is 0 Å². The van der Waals surface area contributed by atoms with Crippen molar-refractivity contribution in [2.75, 3.05) is 23.7 Å². The highest BCUT2D eigenvalue weighted by Crippen LogP contribution is 2.20. The van der Waals surface area contributed by atoms with Crippen LogP contribution in [0.5, 0.6) is 0 Å². The topological polar surface area (TPSA) is 96.1 Å². The number of likely N-dealkylation sites (N-methyl/N-ethyl adjacent to an activating group) is 1. The van der Waals surface area contributed by atoms with Crippen LogP contribution in [0.25, 0.3) is 0 Å². The first-order chi connectivity index (χ1) is 7.58. The number of primary amides is 1. The van der Waals surface area contributed by atoms with E-state index < -0.39 is 5.91 Å². The summed E-state index contributed by atoms with van der Waals surface area (Å²) in [4.78, 5) is 12.6. The van der Waals surface area contributed by atoms with Crippen molar-refractivity contribution in [2.24, 2.45) is 5.73 Å². The Bertz CT molecular complexity index is 436. The first-order valence-electron chi connectivity index (χ1n) is 4.91. The summed E-state index contributed by atoms with van der Waals surface area (Å²) in [5, 5.41) is 8.73. The molecule has 1 rings (SSSR count). The van der Waals surface area contributed by atoms with Gasteiger partial charge in [-0.3, -0.25) is 4.79 Å². The van der Waals surface area contributed by atoms with Crippen LogP contribution in [0.1, 0.15) is 12.5 Å². The van der Waals surface area contributed by atoms with Crippen LogP contribution >= 0.6 is 0 Å². The molecule has 0 fully saturated rings.